The first-order valence-electron chi connectivity index (χ1n) is 3.36. The maximum absolute atomic E-state index is 9.17. The summed E-state index contributed by atoms with van der Waals surface area (Å²) in [6.45, 7) is 0. The van der Waals surface area contributed by atoms with Crippen molar-refractivity contribution in [2.24, 2.45) is 11.8 Å². The summed E-state index contributed by atoms with van der Waals surface area (Å²) in [6.07, 6.45) is 3.50. The van der Waals surface area contributed by atoms with Crippen LogP contribution in [-0.2, 0) is 0 Å². The number of ketones is 1. The first kappa shape index (κ1) is 8.78. The number of aliphatic hydroxyl groups is 1. The number of hydrogen-bond donors (Lipinski definition) is 1. The van der Waals surface area contributed by atoms with Gasteiger partial charge in [-0.2, -0.15) is 6.42 Å². The minimum absolute atomic E-state index is 0. The first-order valence-corrected chi connectivity index (χ1v) is 3.36. The van der Waals surface area contributed by atoms with Gasteiger partial charge in [0, 0.05) is 37.0 Å². The molecule has 0 aromatic rings. The van der Waals surface area contributed by atoms with Crippen LogP contribution in [-0.4, -0.2) is 21.8 Å². The van der Waals surface area contributed by atoms with Crippen molar-refractivity contribution in [2.75, 3.05) is 0 Å². The van der Waals surface area contributed by atoms with Crippen LogP contribution in [0.3, 0.4) is 0 Å². The van der Waals surface area contributed by atoms with Gasteiger partial charge in [-0.3, -0.25) is 4.79 Å². The fourth-order valence-corrected chi connectivity index (χ4v) is 1.82. The molecular weight excluding hydrogens is 354 g/mol. The topological polar surface area (TPSA) is 41.6 Å². The second kappa shape index (κ2) is 2.97. The number of fused-ring (bicyclic) bond motifs is 2. The Morgan fingerprint density at radius 2 is 2.30 bits per heavy atom. The second-order valence-corrected chi connectivity index (χ2v) is 2.94. The van der Waals surface area contributed by atoms with Gasteiger partial charge in [0.2, 0.25) is 0 Å². The molecule has 3 heteroatoms. The van der Waals surface area contributed by atoms with Crippen LogP contribution < -0.4 is 0 Å². The normalized spacial score (nSPS) is 43.7. The van der Waals surface area contributed by atoms with Gasteiger partial charge in [-0.25, -0.2) is 0 Å². The molecule has 2 nitrogen and oxygen atoms in total. The van der Waals surface area contributed by atoms with Gasteiger partial charge >= 0.3 is 5.78 Å². The molecule has 0 saturated heterocycles. The molecule has 2 aliphatic rings. The molecule has 3 atom stereocenters. The van der Waals surface area contributed by atoms with Crippen molar-refractivity contribution < 1.29 is 41.0 Å². The Labute approximate surface area is 83.8 Å². The van der Waals surface area contributed by atoms with Crippen molar-refractivity contribution in [2.45, 2.75) is 18.9 Å². The van der Waals surface area contributed by atoms with E-state index >= 15 is 0 Å². The van der Waals surface area contributed by atoms with E-state index in [0.717, 1.165) is 12.8 Å². The molecular formula is C7H10O2U. The van der Waals surface area contributed by atoms with Crippen molar-refractivity contribution in [1.29, 1.82) is 0 Å². The van der Waals surface area contributed by atoms with Crippen LogP contribution in [0.2, 0.25) is 0 Å². The zero-order chi connectivity index (χ0) is 6.43. The average molecular weight is 364 g/mol. The maximum Gasteiger partial charge on any atom is 0.319 e. The molecule has 3 unspecified atom stereocenters. The maximum atomic E-state index is 9.17. The minimum Gasteiger partial charge on any atom is -0.382 e. The van der Waals surface area contributed by atoms with E-state index in [4.69, 9.17) is 9.90 Å². The van der Waals surface area contributed by atoms with Gasteiger partial charge in [0.05, 0.1) is 0 Å². The average Bonchev–Trinajstić information content (AvgIpc) is 2.37. The van der Waals surface area contributed by atoms with Crippen LogP contribution in [0.25, 0.3) is 0 Å². The molecule has 2 fully saturated rings. The molecule has 0 amide bonds. The van der Waals surface area contributed by atoms with Crippen molar-refractivity contribution in [3.63, 3.8) is 0 Å². The summed E-state index contributed by atoms with van der Waals surface area (Å²) in [7, 11) is 0. The third kappa shape index (κ3) is 1.09. The molecule has 2 rings (SSSR count). The molecule has 2 saturated carbocycles. The van der Waals surface area contributed by atoms with Crippen molar-refractivity contribution in [3.05, 3.63) is 6.42 Å². The van der Waals surface area contributed by atoms with Crippen molar-refractivity contribution >= 4 is 5.78 Å². The van der Waals surface area contributed by atoms with Crippen LogP contribution in [0.5, 0.6) is 0 Å². The summed E-state index contributed by atoms with van der Waals surface area (Å²) in [5.74, 6) is 0.863. The molecule has 0 spiro atoms. The molecule has 2 aliphatic carbocycles. The summed E-state index contributed by atoms with van der Waals surface area (Å²) >= 11 is 0. The Hall–Kier alpha value is 0.682. The van der Waals surface area contributed by atoms with Crippen LogP contribution in [0, 0.1) is 49.4 Å². The molecule has 10 heavy (non-hydrogen) atoms. The number of carbonyl (C=O) groups excluding carboxylic acids is 1. The molecule has 0 heterocycles. The Balaban J connectivity index is 0.000000500. The fraction of sp³-hybridized carbons (Fsp3) is 0.714. The number of hydrogen-bond acceptors (Lipinski definition) is 1. The SMILES string of the molecule is OC1C(=[OH+])C2C[CH-]C1C2.[U]. The molecule has 2 bridgehead atoms. The Bertz CT molecular complexity index is 154. The predicted octanol–water partition coefficient (Wildman–Crippen LogP) is 0.136. The smallest absolute Gasteiger partial charge is 0.319 e. The Morgan fingerprint density at radius 1 is 1.60 bits per heavy atom. The van der Waals surface area contributed by atoms with E-state index in [-0.39, 0.29) is 42.9 Å². The standard InChI is InChI=1S/C7H9O2.U/c8-6-4-1-2-5(3-4)7(6)9;/h1,4-6,8H,2-3H2;/q-1;/p+1. The quantitative estimate of drug-likeness (QED) is 0.482. The molecule has 0 aromatic heterocycles. The molecule has 54 valence electrons. The third-order valence-electron chi connectivity index (χ3n) is 2.41. The van der Waals surface area contributed by atoms with E-state index in [0.29, 0.717) is 5.78 Å². The summed E-state index contributed by atoms with van der Waals surface area (Å²) in [5, 5.41) is 9.17. The van der Waals surface area contributed by atoms with Gasteiger partial charge in [0.25, 0.3) is 0 Å². The Morgan fingerprint density at radius 3 is 2.60 bits per heavy atom. The monoisotopic (exact) mass is 364 g/mol. The summed E-state index contributed by atoms with van der Waals surface area (Å²) in [4.78, 5) is 9.13. The zero-order valence-electron chi connectivity index (χ0n) is 5.62. The van der Waals surface area contributed by atoms with E-state index in [9.17, 15) is 0 Å². The minimum atomic E-state index is -0.538. The van der Waals surface area contributed by atoms with E-state index < -0.39 is 6.10 Å². The van der Waals surface area contributed by atoms with E-state index in [2.05, 4.69) is 6.42 Å². The number of rotatable bonds is 0. The van der Waals surface area contributed by atoms with Crippen LogP contribution >= 0.6 is 0 Å². The molecule has 0 radical (unpaired) electrons. The van der Waals surface area contributed by atoms with Gasteiger partial charge in [0.15, 0.2) is 0 Å². The molecule has 2 N–H and O–H groups in total. The van der Waals surface area contributed by atoms with Crippen LogP contribution in [0.1, 0.15) is 12.8 Å². The van der Waals surface area contributed by atoms with E-state index in [1.54, 1.807) is 0 Å². The number of aliphatic hydroxyl groups excluding tert-OH is 1. The van der Waals surface area contributed by atoms with Crippen molar-refractivity contribution in [3.8, 4) is 0 Å². The summed E-state index contributed by atoms with van der Waals surface area (Å²) in [5.41, 5.74) is 0. The summed E-state index contributed by atoms with van der Waals surface area (Å²) in [6, 6.07) is 0. The van der Waals surface area contributed by atoms with Gasteiger partial charge < -0.3 is 11.5 Å². The Kier molecular flexibility index (Phi) is 2.60. The fourth-order valence-electron chi connectivity index (χ4n) is 1.82. The second-order valence-electron chi connectivity index (χ2n) is 2.94. The van der Waals surface area contributed by atoms with Crippen LogP contribution in [0.4, 0.5) is 0 Å². The van der Waals surface area contributed by atoms with Crippen LogP contribution in [0.15, 0.2) is 0 Å². The largest absolute Gasteiger partial charge is 0.382 e. The third-order valence-corrected chi connectivity index (χ3v) is 2.41. The van der Waals surface area contributed by atoms with Gasteiger partial charge in [-0.15, -0.1) is 5.92 Å². The van der Waals surface area contributed by atoms with Gasteiger partial charge in [-0.05, 0) is 0 Å². The van der Waals surface area contributed by atoms with Gasteiger partial charge in [-0.1, -0.05) is 6.42 Å². The summed E-state index contributed by atoms with van der Waals surface area (Å²) < 4.78 is 0. The molecule has 0 aliphatic heterocycles. The predicted molar refractivity (Wildman–Crippen MR) is 33.5 cm³/mol. The van der Waals surface area contributed by atoms with Crippen molar-refractivity contribution in [1.82, 2.24) is 0 Å². The van der Waals surface area contributed by atoms with E-state index in [1.165, 1.54) is 0 Å². The first-order chi connectivity index (χ1) is 4.29. The van der Waals surface area contributed by atoms with Gasteiger partial charge in [0.1, 0.15) is 6.10 Å². The van der Waals surface area contributed by atoms with E-state index in [1.807, 2.05) is 0 Å². The zero-order valence-corrected chi connectivity index (χ0v) is 9.78. The molecule has 0 aromatic carbocycles.